The van der Waals surface area contributed by atoms with Crippen molar-refractivity contribution >= 4 is 29.2 Å². The number of aromatic nitrogens is 6. The van der Waals surface area contributed by atoms with Crippen molar-refractivity contribution in [2.75, 3.05) is 10.6 Å². The Balaban J connectivity index is 1.82. The Morgan fingerprint density at radius 2 is 1.88 bits per heavy atom. The van der Waals surface area contributed by atoms with Crippen LogP contribution in [-0.2, 0) is 7.05 Å². The molecule has 0 bridgehead atoms. The Morgan fingerprint density at radius 1 is 1.16 bits per heavy atom. The van der Waals surface area contributed by atoms with Crippen molar-refractivity contribution in [3.8, 4) is 0 Å². The lowest BCUT2D eigenvalue weighted by Gasteiger charge is -2.14. The number of nitrogens with one attached hydrogen (secondary N) is 2. The second kappa shape index (κ2) is 6.93. The number of aryl methyl sites for hydroxylation is 1. The van der Waals surface area contributed by atoms with Gasteiger partial charge in [0.25, 0.3) is 0 Å². The third kappa shape index (κ3) is 3.97. The quantitative estimate of drug-likeness (QED) is 0.670. The molecule has 3 rings (SSSR count). The van der Waals surface area contributed by atoms with Gasteiger partial charge in [0.1, 0.15) is 11.6 Å². The Hall–Kier alpha value is -2.88. The zero-order valence-electron chi connectivity index (χ0n) is 13.2. The van der Waals surface area contributed by atoms with E-state index in [0.29, 0.717) is 11.6 Å². The highest BCUT2D eigenvalue weighted by molar-refractivity contribution is 6.29. The summed E-state index contributed by atoms with van der Waals surface area (Å²) in [7, 11) is 1.78. The zero-order chi connectivity index (χ0) is 18.0. The van der Waals surface area contributed by atoms with Crippen LogP contribution in [-0.4, -0.2) is 29.5 Å². The van der Waals surface area contributed by atoms with E-state index in [-0.39, 0.29) is 16.9 Å². The molecular formula is C14H13ClF2N8. The number of anilines is 3. The van der Waals surface area contributed by atoms with Gasteiger partial charge in [-0.2, -0.15) is 14.4 Å². The molecule has 0 aliphatic rings. The molecule has 0 saturated carbocycles. The fourth-order valence-corrected chi connectivity index (χ4v) is 2.14. The van der Waals surface area contributed by atoms with Crippen LogP contribution in [0.25, 0.3) is 0 Å². The first-order chi connectivity index (χ1) is 11.9. The predicted molar refractivity (Wildman–Crippen MR) is 87.5 cm³/mol. The second-order valence-corrected chi connectivity index (χ2v) is 5.53. The lowest BCUT2D eigenvalue weighted by Crippen LogP contribution is -2.14. The number of nitrogens with zero attached hydrogens (tertiary/aromatic N) is 6. The predicted octanol–water partition coefficient (Wildman–Crippen LogP) is 2.85. The first-order valence-corrected chi connectivity index (χ1v) is 7.52. The standard InChI is InChI=1S/C14H13ClF2N8/c1-7(12-18-3-8(16)4-19-12)21-14-23-11(15)10(17)13(24-14)22-9-5-25(2)6-20-9/h3-7H,1-2H3,(H2,21,22,23,24). The highest BCUT2D eigenvalue weighted by Gasteiger charge is 2.17. The number of halogens is 3. The molecule has 25 heavy (non-hydrogen) atoms. The van der Waals surface area contributed by atoms with Crippen molar-refractivity contribution in [1.29, 1.82) is 0 Å². The summed E-state index contributed by atoms with van der Waals surface area (Å²) >= 11 is 5.83. The van der Waals surface area contributed by atoms with Crippen molar-refractivity contribution in [3.05, 3.63) is 47.5 Å². The molecule has 3 heterocycles. The van der Waals surface area contributed by atoms with Gasteiger partial charge >= 0.3 is 0 Å². The topological polar surface area (TPSA) is 93.4 Å². The average Bonchev–Trinajstić information content (AvgIpc) is 2.97. The fraction of sp³-hybridized carbons (Fsp3) is 0.214. The minimum absolute atomic E-state index is 0.0604. The van der Waals surface area contributed by atoms with Gasteiger partial charge in [-0.3, -0.25) is 0 Å². The molecule has 130 valence electrons. The normalized spacial score (nSPS) is 12.0. The smallest absolute Gasteiger partial charge is 0.226 e. The summed E-state index contributed by atoms with van der Waals surface area (Å²) in [5.41, 5.74) is 0. The van der Waals surface area contributed by atoms with E-state index < -0.39 is 17.7 Å². The molecule has 3 aromatic rings. The van der Waals surface area contributed by atoms with Crippen LogP contribution in [0.15, 0.2) is 24.9 Å². The largest absolute Gasteiger partial charge is 0.344 e. The summed E-state index contributed by atoms with van der Waals surface area (Å²) in [5, 5.41) is 5.26. The average molecular weight is 367 g/mol. The van der Waals surface area contributed by atoms with Gasteiger partial charge < -0.3 is 15.2 Å². The maximum absolute atomic E-state index is 14.1. The third-order valence-electron chi connectivity index (χ3n) is 3.14. The van der Waals surface area contributed by atoms with E-state index >= 15 is 0 Å². The maximum atomic E-state index is 14.1. The maximum Gasteiger partial charge on any atom is 0.226 e. The van der Waals surface area contributed by atoms with E-state index in [1.165, 1.54) is 0 Å². The van der Waals surface area contributed by atoms with Crippen LogP contribution in [0.1, 0.15) is 18.8 Å². The molecular weight excluding hydrogens is 354 g/mol. The fourth-order valence-electron chi connectivity index (χ4n) is 1.97. The molecule has 2 N–H and O–H groups in total. The van der Waals surface area contributed by atoms with Crippen LogP contribution >= 0.6 is 11.6 Å². The molecule has 1 unspecified atom stereocenters. The van der Waals surface area contributed by atoms with Crippen LogP contribution in [0.2, 0.25) is 5.15 Å². The van der Waals surface area contributed by atoms with E-state index in [4.69, 9.17) is 11.6 Å². The third-order valence-corrected chi connectivity index (χ3v) is 3.39. The van der Waals surface area contributed by atoms with Gasteiger partial charge in [-0.05, 0) is 6.92 Å². The van der Waals surface area contributed by atoms with Crippen molar-refractivity contribution in [2.24, 2.45) is 7.05 Å². The van der Waals surface area contributed by atoms with Crippen molar-refractivity contribution in [3.63, 3.8) is 0 Å². The number of hydrogen-bond donors (Lipinski definition) is 2. The van der Waals surface area contributed by atoms with Crippen molar-refractivity contribution < 1.29 is 8.78 Å². The Labute approximate surface area is 146 Å². The number of rotatable bonds is 5. The molecule has 3 aromatic heterocycles. The first-order valence-electron chi connectivity index (χ1n) is 7.14. The lowest BCUT2D eigenvalue weighted by atomic mass is 10.3. The minimum atomic E-state index is -0.802. The van der Waals surface area contributed by atoms with E-state index in [9.17, 15) is 8.78 Å². The van der Waals surface area contributed by atoms with Gasteiger partial charge in [0.05, 0.1) is 24.8 Å². The Morgan fingerprint density at radius 3 is 2.52 bits per heavy atom. The van der Waals surface area contributed by atoms with Gasteiger partial charge in [0.2, 0.25) is 11.8 Å². The molecule has 0 spiro atoms. The van der Waals surface area contributed by atoms with Gasteiger partial charge in [-0.1, -0.05) is 11.6 Å². The molecule has 0 radical (unpaired) electrons. The number of hydrogen-bond acceptors (Lipinski definition) is 7. The van der Waals surface area contributed by atoms with Gasteiger partial charge in [0, 0.05) is 13.2 Å². The van der Waals surface area contributed by atoms with Crippen LogP contribution in [0.5, 0.6) is 0 Å². The Kier molecular flexibility index (Phi) is 4.70. The van der Waals surface area contributed by atoms with Crippen molar-refractivity contribution in [1.82, 2.24) is 29.5 Å². The summed E-state index contributed by atoms with van der Waals surface area (Å²) in [6.45, 7) is 1.72. The summed E-state index contributed by atoms with van der Waals surface area (Å²) in [6.07, 6.45) is 5.30. The summed E-state index contributed by atoms with van der Waals surface area (Å²) in [5.74, 6) is -0.692. The number of imidazole rings is 1. The highest BCUT2D eigenvalue weighted by Crippen LogP contribution is 2.24. The van der Waals surface area contributed by atoms with Gasteiger partial charge in [-0.25, -0.2) is 19.3 Å². The van der Waals surface area contributed by atoms with E-state index in [2.05, 4.69) is 35.6 Å². The molecule has 11 heteroatoms. The second-order valence-electron chi connectivity index (χ2n) is 5.18. The summed E-state index contributed by atoms with van der Waals surface area (Å²) in [4.78, 5) is 19.7. The van der Waals surface area contributed by atoms with Crippen LogP contribution in [0, 0.1) is 11.6 Å². The Bertz CT molecular complexity index is 883. The van der Waals surface area contributed by atoms with Crippen LogP contribution in [0.4, 0.5) is 26.4 Å². The van der Waals surface area contributed by atoms with Crippen LogP contribution in [0.3, 0.4) is 0 Å². The molecule has 0 aromatic carbocycles. The first kappa shape index (κ1) is 17.0. The van der Waals surface area contributed by atoms with Gasteiger partial charge in [0.15, 0.2) is 16.8 Å². The van der Waals surface area contributed by atoms with Crippen molar-refractivity contribution in [2.45, 2.75) is 13.0 Å². The van der Waals surface area contributed by atoms with E-state index in [1.807, 2.05) is 0 Å². The molecule has 1 atom stereocenters. The molecule has 0 aliphatic heterocycles. The lowest BCUT2D eigenvalue weighted by molar-refractivity contribution is 0.603. The molecule has 0 amide bonds. The van der Waals surface area contributed by atoms with Crippen LogP contribution < -0.4 is 10.6 Å². The summed E-state index contributed by atoms with van der Waals surface area (Å²) in [6, 6.07) is -0.454. The molecule has 0 fully saturated rings. The SMILES string of the molecule is CC(Nc1nc(Cl)c(F)c(Nc2cn(C)cn2)n1)c1ncc(F)cn1. The van der Waals surface area contributed by atoms with E-state index in [1.54, 1.807) is 31.1 Å². The highest BCUT2D eigenvalue weighted by atomic mass is 35.5. The monoisotopic (exact) mass is 366 g/mol. The van der Waals surface area contributed by atoms with E-state index in [0.717, 1.165) is 12.4 Å². The van der Waals surface area contributed by atoms with Gasteiger partial charge in [-0.15, -0.1) is 0 Å². The molecule has 0 saturated heterocycles. The molecule has 8 nitrogen and oxygen atoms in total. The summed E-state index contributed by atoms with van der Waals surface area (Å²) < 4.78 is 28.7. The minimum Gasteiger partial charge on any atom is -0.344 e. The zero-order valence-corrected chi connectivity index (χ0v) is 14.0. The molecule has 0 aliphatic carbocycles.